The van der Waals surface area contributed by atoms with Gasteiger partial charge in [0.2, 0.25) is 5.88 Å². The Labute approximate surface area is 94.2 Å². The monoisotopic (exact) mass is 270 g/mol. The van der Waals surface area contributed by atoms with Crippen molar-refractivity contribution in [3.8, 4) is 11.1 Å². The third kappa shape index (κ3) is 1.74. The normalized spacial score (nSPS) is 10.6. The van der Waals surface area contributed by atoms with Gasteiger partial charge in [-0.3, -0.25) is 0 Å². The summed E-state index contributed by atoms with van der Waals surface area (Å²) in [6.45, 7) is 1.81. The summed E-state index contributed by atoms with van der Waals surface area (Å²) in [6, 6.07) is 3.26. The number of benzene rings is 1. The molecule has 0 saturated heterocycles. The molecule has 1 aromatic carbocycles. The van der Waals surface area contributed by atoms with Gasteiger partial charge in [0.25, 0.3) is 0 Å². The molecule has 5 heteroatoms. The van der Waals surface area contributed by atoms with E-state index in [0.29, 0.717) is 15.6 Å². The van der Waals surface area contributed by atoms with E-state index >= 15 is 0 Å². The lowest BCUT2D eigenvalue weighted by atomic mass is 10.1. The van der Waals surface area contributed by atoms with Crippen molar-refractivity contribution in [2.24, 2.45) is 0 Å². The maximum atomic E-state index is 13.4. The Balaban J connectivity index is 2.68. The van der Waals surface area contributed by atoms with Crippen molar-refractivity contribution in [3.63, 3.8) is 0 Å². The minimum absolute atomic E-state index is 0.181. The molecule has 0 aliphatic heterocycles. The average molecular weight is 271 g/mol. The SMILES string of the molecule is Cc1cc(F)c(Br)c(-c2cnoc2N)c1. The first-order chi connectivity index (χ1) is 7.09. The first kappa shape index (κ1) is 10.2. The van der Waals surface area contributed by atoms with Crippen LogP contribution >= 0.6 is 15.9 Å². The summed E-state index contributed by atoms with van der Waals surface area (Å²) in [5.41, 5.74) is 7.61. The van der Waals surface area contributed by atoms with Gasteiger partial charge in [-0.05, 0) is 40.5 Å². The molecule has 15 heavy (non-hydrogen) atoms. The molecular formula is C10H8BrFN2O. The van der Waals surface area contributed by atoms with Crippen molar-refractivity contribution in [2.75, 3.05) is 5.73 Å². The van der Waals surface area contributed by atoms with E-state index in [-0.39, 0.29) is 11.7 Å². The Bertz CT molecular complexity index is 510. The van der Waals surface area contributed by atoms with Gasteiger partial charge in [0.15, 0.2) is 0 Å². The standard InChI is InChI=1S/C10H8BrFN2O/c1-5-2-6(9(11)8(12)3-5)7-4-14-15-10(7)13/h2-4H,13H2,1H3. The van der Waals surface area contributed by atoms with E-state index in [1.54, 1.807) is 0 Å². The second kappa shape index (κ2) is 3.66. The molecule has 2 aromatic rings. The second-order valence-corrected chi connectivity index (χ2v) is 4.01. The molecule has 2 N–H and O–H groups in total. The van der Waals surface area contributed by atoms with E-state index in [1.165, 1.54) is 12.3 Å². The summed E-state index contributed by atoms with van der Waals surface area (Å²) in [5.74, 6) is -0.147. The number of nitrogens with two attached hydrogens (primary N) is 1. The molecule has 0 aliphatic rings. The van der Waals surface area contributed by atoms with Crippen LogP contribution in [0, 0.1) is 12.7 Å². The van der Waals surface area contributed by atoms with E-state index in [4.69, 9.17) is 10.3 Å². The molecule has 0 bridgehead atoms. The summed E-state index contributed by atoms with van der Waals surface area (Å²) in [7, 11) is 0. The van der Waals surface area contributed by atoms with Crippen LogP contribution in [0.5, 0.6) is 0 Å². The molecule has 0 radical (unpaired) electrons. The third-order valence-electron chi connectivity index (χ3n) is 2.06. The van der Waals surface area contributed by atoms with E-state index in [0.717, 1.165) is 5.56 Å². The largest absolute Gasteiger partial charge is 0.367 e. The lowest BCUT2D eigenvalue weighted by molar-refractivity contribution is 0.436. The Morgan fingerprint density at radius 1 is 1.40 bits per heavy atom. The minimum Gasteiger partial charge on any atom is -0.367 e. The predicted octanol–water partition coefficient (Wildman–Crippen LogP) is 3.13. The van der Waals surface area contributed by atoms with Gasteiger partial charge in [-0.2, -0.15) is 0 Å². The van der Waals surface area contributed by atoms with Crippen LogP contribution in [0.15, 0.2) is 27.3 Å². The molecule has 0 fully saturated rings. The zero-order chi connectivity index (χ0) is 11.0. The van der Waals surface area contributed by atoms with Gasteiger partial charge in [-0.15, -0.1) is 0 Å². The second-order valence-electron chi connectivity index (χ2n) is 3.21. The summed E-state index contributed by atoms with van der Waals surface area (Å²) in [6.07, 6.45) is 1.47. The fourth-order valence-electron chi connectivity index (χ4n) is 1.37. The third-order valence-corrected chi connectivity index (χ3v) is 2.87. The van der Waals surface area contributed by atoms with Crippen molar-refractivity contribution >= 4 is 21.8 Å². The van der Waals surface area contributed by atoms with Gasteiger partial charge in [0.1, 0.15) is 5.82 Å². The molecule has 0 saturated carbocycles. The number of rotatable bonds is 1. The molecular weight excluding hydrogens is 263 g/mol. The number of anilines is 1. The minimum atomic E-state index is -0.328. The van der Waals surface area contributed by atoms with E-state index in [2.05, 4.69) is 21.1 Å². The molecule has 2 rings (SSSR count). The molecule has 0 amide bonds. The molecule has 78 valence electrons. The zero-order valence-corrected chi connectivity index (χ0v) is 9.51. The molecule has 3 nitrogen and oxygen atoms in total. The summed E-state index contributed by atoms with van der Waals surface area (Å²) >= 11 is 3.17. The number of halogens is 2. The molecule has 0 atom stereocenters. The van der Waals surface area contributed by atoms with E-state index in [1.807, 2.05) is 13.0 Å². The Morgan fingerprint density at radius 2 is 2.13 bits per heavy atom. The van der Waals surface area contributed by atoms with Crippen LogP contribution in [0.25, 0.3) is 11.1 Å². The topological polar surface area (TPSA) is 52.0 Å². The number of nitrogen functional groups attached to an aromatic ring is 1. The van der Waals surface area contributed by atoms with Gasteiger partial charge >= 0.3 is 0 Å². The van der Waals surface area contributed by atoms with Crippen LogP contribution in [-0.4, -0.2) is 5.16 Å². The van der Waals surface area contributed by atoms with Gasteiger partial charge in [0.05, 0.1) is 16.2 Å². The molecule has 0 unspecified atom stereocenters. The van der Waals surface area contributed by atoms with Crippen molar-refractivity contribution in [1.82, 2.24) is 5.16 Å². The summed E-state index contributed by atoms with van der Waals surface area (Å²) < 4.78 is 18.5. The first-order valence-electron chi connectivity index (χ1n) is 4.25. The van der Waals surface area contributed by atoms with Crippen molar-refractivity contribution in [2.45, 2.75) is 6.92 Å². The van der Waals surface area contributed by atoms with Gasteiger partial charge in [-0.25, -0.2) is 4.39 Å². The number of aryl methyl sites for hydroxylation is 1. The predicted molar refractivity (Wildman–Crippen MR) is 58.7 cm³/mol. The highest BCUT2D eigenvalue weighted by Gasteiger charge is 2.14. The fourth-order valence-corrected chi connectivity index (χ4v) is 1.81. The summed E-state index contributed by atoms with van der Waals surface area (Å²) in [4.78, 5) is 0. The molecule has 1 heterocycles. The quantitative estimate of drug-likeness (QED) is 0.866. The number of hydrogen-bond acceptors (Lipinski definition) is 3. The smallest absolute Gasteiger partial charge is 0.229 e. The van der Waals surface area contributed by atoms with Crippen molar-refractivity contribution in [1.29, 1.82) is 0 Å². The van der Waals surface area contributed by atoms with Gasteiger partial charge in [0, 0.05) is 5.56 Å². The highest BCUT2D eigenvalue weighted by atomic mass is 79.9. The maximum absolute atomic E-state index is 13.4. The average Bonchev–Trinajstić information content (AvgIpc) is 2.58. The van der Waals surface area contributed by atoms with Crippen LogP contribution in [0.2, 0.25) is 0 Å². The van der Waals surface area contributed by atoms with Crippen LogP contribution < -0.4 is 5.73 Å². The molecule has 1 aromatic heterocycles. The van der Waals surface area contributed by atoms with Crippen LogP contribution in [0.4, 0.5) is 10.3 Å². The van der Waals surface area contributed by atoms with Gasteiger partial charge in [-0.1, -0.05) is 5.16 Å². The first-order valence-corrected chi connectivity index (χ1v) is 5.05. The van der Waals surface area contributed by atoms with Crippen LogP contribution in [0.3, 0.4) is 0 Å². The van der Waals surface area contributed by atoms with Crippen LogP contribution in [0.1, 0.15) is 5.56 Å². The highest BCUT2D eigenvalue weighted by molar-refractivity contribution is 9.10. The van der Waals surface area contributed by atoms with Crippen LogP contribution in [-0.2, 0) is 0 Å². The Kier molecular flexibility index (Phi) is 2.48. The Hall–Kier alpha value is -1.36. The highest BCUT2D eigenvalue weighted by Crippen LogP contribution is 2.34. The van der Waals surface area contributed by atoms with Crippen molar-refractivity contribution in [3.05, 3.63) is 34.2 Å². The lowest BCUT2D eigenvalue weighted by Crippen LogP contribution is -1.89. The number of hydrogen-bond donors (Lipinski definition) is 1. The lowest BCUT2D eigenvalue weighted by Gasteiger charge is -2.04. The van der Waals surface area contributed by atoms with E-state index < -0.39 is 0 Å². The fraction of sp³-hybridized carbons (Fsp3) is 0.100. The van der Waals surface area contributed by atoms with Crippen molar-refractivity contribution < 1.29 is 8.91 Å². The summed E-state index contributed by atoms with van der Waals surface area (Å²) in [5, 5.41) is 3.56. The number of nitrogens with zero attached hydrogens (tertiary/aromatic N) is 1. The molecule has 0 spiro atoms. The maximum Gasteiger partial charge on any atom is 0.229 e. The van der Waals surface area contributed by atoms with E-state index in [9.17, 15) is 4.39 Å². The van der Waals surface area contributed by atoms with Gasteiger partial charge < -0.3 is 10.3 Å². The molecule has 0 aliphatic carbocycles. The number of aromatic nitrogens is 1. The Morgan fingerprint density at radius 3 is 2.73 bits per heavy atom. The zero-order valence-electron chi connectivity index (χ0n) is 7.92.